The molecule has 39 heavy (non-hydrogen) atoms. The second-order valence-electron chi connectivity index (χ2n) is 9.42. The Morgan fingerprint density at radius 1 is 0.872 bits per heavy atom. The third kappa shape index (κ3) is 4.96. The summed E-state index contributed by atoms with van der Waals surface area (Å²) < 4.78 is 35.5. The van der Waals surface area contributed by atoms with Crippen LogP contribution in [0.15, 0.2) is 107 Å². The lowest BCUT2D eigenvalue weighted by molar-refractivity contribution is 0.379. The number of aryl methyl sites for hydroxylation is 1. The van der Waals surface area contributed by atoms with Crippen LogP contribution in [0.2, 0.25) is 0 Å². The Balaban J connectivity index is 1.59. The number of hydrogen-bond donors (Lipinski definition) is 0. The second kappa shape index (κ2) is 10.5. The van der Waals surface area contributed by atoms with Crippen LogP contribution in [0.25, 0.3) is 27.7 Å². The highest BCUT2D eigenvalue weighted by atomic mass is 32.2. The van der Waals surface area contributed by atoms with Gasteiger partial charge in [-0.2, -0.15) is 4.31 Å². The first-order chi connectivity index (χ1) is 18.7. The molecule has 198 valence electrons. The number of rotatable bonds is 7. The number of nitrogens with zero attached hydrogens (tertiary/aromatic N) is 3. The van der Waals surface area contributed by atoms with Gasteiger partial charge in [0.25, 0.3) is 5.56 Å². The molecule has 0 amide bonds. The fraction of sp³-hybridized carbons (Fsp3) is 0.161. The average molecular weight is 540 g/mol. The van der Waals surface area contributed by atoms with Crippen LogP contribution in [-0.2, 0) is 10.0 Å². The highest BCUT2D eigenvalue weighted by Gasteiger charge is 2.30. The lowest BCUT2D eigenvalue weighted by Gasteiger charge is -2.26. The van der Waals surface area contributed by atoms with Crippen molar-refractivity contribution in [2.24, 2.45) is 0 Å². The predicted molar refractivity (Wildman–Crippen MR) is 154 cm³/mol. The minimum absolute atomic E-state index is 0.159. The fourth-order valence-corrected chi connectivity index (χ4v) is 5.88. The van der Waals surface area contributed by atoms with E-state index in [1.807, 2.05) is 49.4 Å². The van der Waals surface area contributed by atoms with Gasteiger partial charge in [0.15, 0.2) is 0 Å². The van der Waals surface area contributed by atoms with E-state index in [9.17, 15) is 13.2 Å². The highest BCUT2D eigenvalue weighted by molar-refractivity contribution is 7.89. The number of aromatic nitrogens is 2. The highest BCUT2D eigenvalue weighted by Crippen LogP contribution is 2.29. The molecule has 0 saturated carbocycles. The topological polar surface area (TPSA) is 81.5 Å². The Morgan fingerprint density at radius 3 is 2.15 bits per heavy atom. The molecule has 7 nitrogen and oxygen atoms in total. The second-order valence-corrected chi connectivity index (χ2v) is 11.4. The Morgan fingerprint density at radius 2 is 1.51 bits per heavy atom. The van der Waals surface area contributed by atoms with Crippen LogP contribution in [0, 0.1) is 6.92 Å². The number of fused-ring (bicyclic) bond motifs is 1. The van der Waals surface area contributed by atoms with Crippen molar-refractivity contribution in [2.45, 2.75) is 24.8 Å². The third-order valence-electron chi connectivity index (χ3n) is 6.94. The smallest absolute Gasteiger partial charge is 0.266 e. The fourth-order valence-electron chi connectivity index (χ4n) is 4.56. The van der Waals surface area contributed by atoms with Crippen molar-refractivity contribution < 1.29 is 13.2 Å². The number of benzene rings is 4. The number of hydrogen-bond acceptors (Lipinski definition) is 5. The van der Waals surface area contributed by atoms with Crippen LogP contribution >= 0.6 is 0 Å². The molecule has 0 aliphatic carbocycles. The zero-order valence-electron chi connectivity index (χ0n) is 22.2. The molecular weight excluding hydrogens is 510 g/mol. The summed E-state index contributed by atoms with van der Waals surface area (Å²) in [7, 11) is -0.831. The van der Waals surface area contributed by atoms with Gasteiger partial charge in [0.05, 0.1) is 34.6 Å². The van der Waals surface area contributed by atoms with E-state index in [4.69, 9.17) is 9.72 Å². The van der Waals surface area contributed by atoms with Crippen molar-refractivity contribution in [3.63, 3.8) is 0 Å². The number of sulfonamides is 1. The monoisotopic (exact) mass is 539 g/mol. The van der Waals surface area contributed by atoms with E-state index >= 15 is 0 Å². The van der Waals surface area contributed by atoms with Crippen LogP contribution in [0.4, 0.5) is 0 Å². The van der Waals surface area contributed by atoms with Crippen molar-refractivity contribution in [3.05, 3.63) is 119 Å². The van der Waals surface area contributed by atoms with Crippen LogP contribution in [-0.4, -0.2) is 36.4 Å². The summed E-state index contributed by atoms with van der Waals surface area (Å²) in [5, 5.41) is 0.453. The Bertz CT molecular complexity index is 1800. The van der Waals surface area contributed by atoms with Gasteiger partial charge in [0.2, 0.25) is 10.0 Å². The van der Waals surface area contributed by atoms with Crippen LogP contribution in [0.5, 0.6) is 5.75 Å². The zero-order valence-corrected chi connectivity index (χ0v) is 23.0. The van der Waals surface area contributed by atoms with Gasteiger partial charge in [-0.1, -0.05) is 48.5 Å². The van der Waals surface area contributed by atoms with Crippen molar-refractivity contribution in [1.82, 2.24) is 13.9 Å². The van der Waals surface area contributed by atoms with E-state index in [-0.39, 0.29) is 10.5 Å². The molecule has 8 heteroatoms. The first-order valence-corrected chi connectivity index (χ1v) is 14.0. The van der Waals surface area contributed by atoms with Gasteiger partial charge in [-0.25, -0.2) is 13.4 Å². The molecule has 1 atom stereocenters. The third-order valence-corrected chi connectivity index (χ3v) is 8.88. The Hall–Kier alpha value is -4.27. The summed E-state index contributed by atoms with van der Waals surface area (Å²) in [5.74, 6) is 0.958. The van der Waals surface area contributed by atoms with Crippen LogP contribution < -0.4 is 10.3 Å². The molecule has 0 bridgehead atoms. The minimum atomic E-state index is -3.91. The van der Waals surface area contributed by atoms with Gasteiger partial charge in [0.1, 0.15) is 11.6 Å². The van der Waals surface area contributed by atoms with E-state index in [0.29, 0.717) is 28.2 Å². The van der Waals surface area contributed by atoms with Gasteiger partial charge in [-0.05, 0) is 79.1 Å². The van der Waals surface area contributed by atoms with E-state index in [0.717, 1.165) is 16.7 Å². The standard InChI is InChI=1S/C31H29N3O4S/c1-21-10-19-28-29(20-21)32-30(34(31(28)35)25-13-15-26(38-4)16-14-25)22(2)33(3)39(36,37)27-17-11-24(12-18-27)23-8-6-5-7-9-23/h5-20,22H,1-4H3. The number of ether oxygens (including phenoxy) is 1. The number of methoxy groups -OCH3 is 1. The van der Waals surface area contributed by atoms with Gasteiger partial charge in [0, 0.05) is 7.05 Å². The molecule has 0 aliphatic heterocycles. The Labute approximate surface area is 228 Å². The summed E-state index contributed by atoms with van der Waals surface area (Å²) >= 11 is 0. The summed E-state index contributed by atoms with van der Waals surface area (Å²) in [5.41, 5.74) is 3.69. The molecule has 0 aliphatic rings. The average Bonchev–Trinajstić information content (AvgIpc) is 2.96. The molecule has 5 rings (SSSR count). The van der Waals surface area contributed by atoms with Crippen molar-refractivity contribution in [2.75, 3.05) is 14.2 Å². The summed E-state index contributed by atoms with van der Waals surface area (Å²) in [6.07, 6.45) is 0. The first kappa shape index (κ1) is 26.3. The van der Waals surface area contributed by atoms with Gasteiger partial charge < -0.3 is 4.74 Å². The van der Waals surface area contributed by atoms with Gasteiger partial charge in [-0.3, -0.25) is 9.36 Å². The lowest BCUT2D eigenvalue weighted by atomic mass is 10.1. The molecule has 0 N–H and O–H groups in total. The summed E-state index contributed by atoms with van der Waals surface area (Å²) in [4.78, 5) is 18.7. The normalized spacial score (nSPS) is 12.5. The SMILES string of the molecule is COc1ccc(-n2c(C(C)N(C)S(=O)(=O)c3ccc(-c4ccccc4)cc3)nc3cc(C)ccc3c2=O)cc1. The molecular formula is C31H29N3O4S. The van der Waals surface area contributed by atoms with Crippen LogP contribution in [0.3, 0.4) is 0 Å². The van der Waals surface area contributed by atoms with E-state index in [1.54, 1.807) is 68.6 Å². The molecule has 4 aromatic carbocycles. The molecule has 0 fully saturated rings. The van der Waals surface area contributed by atoms with Gasteiger partial charge >= 0.3 is 0 Å². The van der Waals surface area contributed by atoms with E-state index < -0.39 is 16.1 Å². The quantitative estimate of drug-likeness (QED) is 0.263. The molecule has 0 spiro atoms. The summed E-state index contributed by atoms with van der Waals surface area (Å²) in [6.45, 7) is 3.66. The first-order valence-electron chi connectivity index (χ1n) is 12.5. The molecule has 0 saturated heterocycles. The Kier molecular flexibility index (Phi) is 7.08. The zero-order chi connectivity index (χ0) is 27.7. The van der Waals surface area contributed by atoms with E-state index in [2.05, 4.69) is 0 Å². The molecule has 1 heterocycles. The lowest BCUT2D eigenvalue weighted by Crippen LogP contribution is -2.35. The molecule has 1 unspecified atom stereocenters. The molecule has 0 radical (unpaired) electrons. The van der Waals surface area contributed by atoms with Crippen LogP contribution in [0.1, 0.15) is 24.4 Å². The maximum Gasteiger partial charge on any atom is 0.266 e. The van der Waals surface area contributed by atoms with E-state index in [1.165, 1.54) is 15.9 Å². The van der Waals surface area contributed by atoms with Crippen molar-refractivity contribution in [1.29, 1.82) is 0 Å². The predicted octanol–water partition coefficient (Wildman–Crippen LogP) is 5.75. The van der Waals surface area contributed by atoms with Crippen molar-refractivity contribution >= 4 is 20.9 Å². The van der Waals surface area contributed by atoms with Crippen molar-refractivity contribution in [3.8, 4) is 22.6 Å². The van der Waals surface area contributed by atoms with Gasteiger partial charge in [-0.15, -0.1) is 0 Å². The molecule has 1 aromatic heterocycles. The largest absolute Gasteiger partial charge is 0.497 e. The molecule has 5 aromatic rings. The minimum Gasteiger partial charge on any atom is -0.497 e. The summed E-state index contributed by atoms with van der Waals surface area (Å²) in [6, 6.07) is 28.3. The maximum atomic E-state index is 13.8. The maximum absolute atomic E-state index is 13.8.